The van der Waals surface area contributed by atoms with Crippen LogP contribution >= 0.6 is 11.6 Å². The Kier molecular flexibility index (Phi) is 3.31. The molecule has 1 aromatic carbocycles. The molecule has 0 spiro atoms. The number of hydrogen-bond donors (Lipinski definition) is 0. The molecule has 1 amide bonds. The van der Waals surface area contributed by atoms with Gasteiger partial charge < -0.3 is 14.2 Å². The zero-order valence-corrected chi connectivity index (χ0v) is 11.5. The zero-order chi connectivity index (χ0) is 14.1. The van der Waals surface area contributed by atoms with Crippen LogP contribution in [0.2, 0.25) is 5.02 Å². The molecule has 0 N–H and O–H groups in total. The molecule has 2 heterocycles. The van der Waals surface area contributed by atoms with Gasteiger partial charge in [0.1, 0.15) is 5.75 Å². The minimum atomic E-state index is -0.0788. The minimum Gasteiger partial charge on any atom is -0.495 e. The molecule has 0 aliphatic carbocycles. The summed E-state index contributed by atoms with van der Waals surface area (Å²) in [7, 11) is 1.56. The Bertz CT molecular complexity index is 630. The predicted molar refractivity (Wildman–Crippen MR) is 72.0 cm³/mol. The number of methoxy groups -OCH3 is 1. The molecule has 1 aliphatic heterocycles. The van der Waals surface area contributed by atoms with Gasteiger partial charge in [0, 0.05) is 23.9 Å². The molecule has 1 aliphatic rings. The van der Waals surface area contributed by atoms with Crippen molar-refractivity contribution in [1.82, 2.24) is 10.1 Å². The third kappa shape index (κ3) is 2.22. The molecular weight excluding hydrogens is 282 g/mol. The van der Waals surface area contributed by atoms with Crippen LogP contribution in [0.3, 0.4) is 0 Å². The maximum absolute atomic E-state index is 12.2. The number of anilines is 1. The van der Waals surface area contributed by atoms with Gasteiger partial charge in [0.2, 0.25) is 12.3 Å². The van der Waals surface area contributed by atoms with Crippen molar-refractivity contribution in [2.45, 2.75) is 12.3 Å². The normalized spacial score (nSPS) is 18.6. The van der Waals surface area contributed by atoms with E-state index in [0.717, 1.165) is 0 Å². The minimum absolute atomic E-state index is 0.0135. The van der Waals surface area contributed by atoms with Crippen LogP contribution in [0.4, 0.5) is 5.69 Å². The summed E-state index contributed by atoms with van der Waals surface area (Å²) < 4.78 is 10.0. The first-order valence-electron chi connectivity index (χ1n) is 6.09. The lowest BCUT2D eigenvalue weighted by atomic mass is 10.1. The van der Waals surface area contributed by atoms with Gasteiger partial charge in [-0.15, -0.1) is 0 Å². The number of hydrogen-bond acceptors (Lipinski definition) is 5. The van der Waals surface area contributed by atoms with Gasteiger partial charge in [-0.25, -0.2) is 0 Å². The molecule has 0 saturated carbocycles. The van der Waals surface area contributed by atoms with E-state index in [1.54, 1.807) is 30.2 Å². The molecule has 7 heteroatoms. The maximum atomic E-state index is 12.2. The number of halogens is 1. The molecule has 104 valence electrons. The Morgan fingerprint density at radius 1 is 1.50 bits per heavy atom. The highest BCUT2D eigenvalue weighted by Gasteiger charge is 2.35. The van der Waals surface area contributed by atoms with Crippen molar-refractivity contribution in [1.29, 1.82) is 0 Å². The number of nitrogens with zero attached hydrogens (tertiary/aromatic N) is 3. The van der Waals surface area contributed by atoms with E-state index in [1.807, 2.05) is 0 Å². The highest BCUT2D eigenvalue weighted by molar-refractivity contribution is 6.31. The summed E-state index contributed by atoms with van der Waals surface area (Å²) in [5.41, 5.74) is 0.663. The van der Waals surface area contributed by atoms with Gasteiger partial charge >= 0.3 is 0 Å². The maximum Gasteiger partial charge on any atom is 0.227 e. The third-order valence-corrected chi connectivity index (χ3v) is 3.54. The van der Waals surface area contributed by atoms with E-state index in [4.69, 9.17) is 20.9 Å². The fraction of sp³-hybridized carbons (Fsp3) is 0.308. The summed E-state index contributed by atoms with van der Waals surface area (Å²) >= 11 is 6.00. The fourth-order valence-electron chi connectivity index (χ4n) is 2.35. The van der Waals surface area contributed by atoms with Crippen LogP contribution in [0.1, 0.15) is 18.2 Å². The van der Waals surface area contributed by atoms with Crippen LogP contribution in [0, 0.1) is 0 Å². The van der Waals surface area contributed by atoms with E-state index in [0.29, 0.717) is 35.2 Å². The fourth-order valence-corrected chi connectivity index (χ4v) is 2.51. The van der Waals surface area contributed by atoms with Crippen LogP contribution in [-0.2, 0) is 4.79 Å². The summed E-state index contributed by atoms with van der Waals surface area (Å²) in [4.78, 5) is 17.9. The van der Waals surface area contributed by atoms with Crippen LogP contribution in [0.25, 0.3) is 0 Å². The Labute approximate surface area is 120 Å². The van der Waals surface area contributed by atoms with Gasteiger partial charge in [0.15, 0.2) is 5.82 Å². The molecule has 6 nitrogen and oxygen atoms in total. The molecule has 20 heavy (non-hydrogen) atoms. The lowest BCUT2D eigenvalue weighted by Gasteiger charge is -2.19. The third-order valence-electron chi connectivity index (χ3n) is 3.30. The first-order valence-corrected chi connectivity index (χ1v) is 6.47. The van der Waals surface area contributed by atoms with Crippen LogP contribution in [-0.4, -0.2) is 29.7 Å². The molecule has 0 radical (unpaired) electrons. The SMILES string of the molecule is COc1ccc(Cl)cc1N1CC(c2ncon2)CC1=O. The smallest absolute Gasteiger partial charge is 0.227 e. The summed E-state index contributed by atoms with van der Waals surface area (Å²) in [6.45, 7) is 0.481. The monoisotopic (exact) mass is 293 g/mol. The van der Waals surface area contributed by atoms with Crippen molar-refractivity contribution in [3.05, 3.63) is 35.4 Å². The quantitative estimate of drug-likeness (QED) is 0.868. The van der Waals surface area contributed by atoms with Gasteiger partial charge in [-0.1, -0.05) is 16.8 Å². The van der Waals surface area contributed by atoms with E-state index in [1.165, 1.54) is 6.39 Å². The van der Waals surface area contributed by atoms with Gasteiger partial charge in [0.25, 0.3) is 0 Å². The van der Waals surface area contributed by atoms with Crippen molar-refractivity contribution in [3.8, 4) is 5.75 Å². The molecule has 2 aromatic rings. The second-order valence-electron chi connectivity index (χ2n) is 4.51. The largest absolute Gasteiger partial charge is 0.495 e. The van der Waals surface area contributed by atoms with E-state index < -0.39 is 0 Å². The topological polar surface area (TPSA) is 68.5 Å². The zero-order valence-electron chi connectivity index (χ0n) is 10.7. The van der Waals surface area contributed by atoms with E-state index >= 15 is 0 Å². The Morgan fingerprint density at radius 3 is 3.05 bits per heavy atom. The van der Waals surface area contributed by atoms with Gasteiger partial charge in [-0.05, 0) is 18.2 Å². The molecule has 1 saturated heterocycles. The van der Waals surface area contributed by atoms with E-state index in [9.17, 15) is 4.79 Å². The molecule has 3 rings (SSSR count). The number of benzene rings is 1. The number of aromatic nitrogens is 2. The molecule has 1 unspecified atom stereocenters. The average Bonchev–Trinajstić information content (AvgIpc) is 3.07. The molecule has 0 bridgehead atoms. The van der Waals surface area contributed by atoms with Crippen molar-refractivity contribution in [2.24, 2.45) is 0 Å². The summed E-state index contributed by atoms with van der Waals surface area (Å²) in [6, 6.07) is 5.19. The van der Waals surface area contributed by atoms with E-state index in [2.05, 4.69) is 10.1 Å². The lowest BCUT2D eigenvalue weighted by Crippen LogP contribution is -2.24. The number of carbonyl (C=O) groups excluding carboxylic acids is 1. The van der Waals surface area contributed by atoms with Gasteiger partial charge in [-0.3, -0.25) is 4.79 Å². The van der Waals surface area contributed by atoms with Crippen molar-refractivity contribution >= 4 is 23.2 Å². The number of ether oxygens (including phenoxy) is 1. The standard InChI is InChI=1S/C13H12ClN3O3/c1-19-11-3-2-9(14)5-10(11)17-6-8(4-12(17)18)13-15-7-20-16-13/h2-3,5,7-8H,4,6H2,1H3. The summed E-state index contributed by atoms with van der Waals surface area (Å²) in [5.74, 6) is 1.06. The van der Waals surface area contributed by atoms with Crippen LogP contribution in [0.5, 0.6) is 5.75 Å². The summed E-state index contributed by atoms with van der Waals surface area (Å²) in [5, 5.41) is 4.35. The number of amides is 1. The predicted octanol–water partition coefficient (Wildman–Crippen LogP) is 2.25. The summed E-state index contributed by atoms with van der Waals surface area (Å²) in [6.07, 6.45) is 1.61. The van der Waals surface area contributed by atoms with E-state index in [-0.39, 0.29) is 11.8 Å². The van der Waals surface area contributed by atoms with Gasteiger partial charge in [-0.2, -0.15) is 4.98 Å². The number of rotatable bonds is 3. The Balaban J connectivity index is 1.91. The van der Waals surface area contributed by atoms with Crippen LogP contribution in [0.15, 0.2) is 29.1 Å². The average molecular weight is 294 g/mol. The molecule has 1 atom stereocenters. The first kappa shape index (κ1) is 12.9. The van der Waals surface area contributed by atoms with Crippen LogP contribution < -0.4 is 9.64 Å². The Hall–Kier alpha value is -2.08. The molecular formula is C13H12ClN3O3. The number of carbonyl (C=O) groups is 1. The second-order valence-corrected chi connectivity index (χ2v) is 4.95. The highest BCUT2D eigenvalue weighted by atomic mass is 35.5. The molecule has 1 fully saturated rings. The second kappa shape index (κ2) is 5.13. The van der Waals surface area contributed by atoms with Crippen molar-refractivity contribution in [3.63, 3.8) is 0 Å². The Morgan fingerprint density at radius 2 is 2.35 bits per heavy atom. The molecule has 1 aromatic heterocycles. The van der Waals surface area contributed by atoms with Gasteiger partial charge in [0.05, 0.1) is 12.8 Å². The highest BCUT2D eigenvalue weighted by Crippen LogP contribution is 2.37. The van der Waals surface area contributed by atoms with Crippen molar-refractivity contribution in [2.75, 3.05) is 18.6 Å². The lowest BCUT2D eigenvalue weighted by molar-refractivity contribution is -0.117. The first-order chi connectivity index (χ1) is 9.69. The van der Waals surface area contributed by atoms with Crippen molar-refractivity contribution < 1.29 is 14.1 Å².